The minimum atomic E-state index is -0.437. The van der Waals surface area contributed by atoms with Crippen LogP contribution >= 0.6 is 0 Å². The monoisotopic (exact) mass is 484 g/mol. The van der Waals surface area contributed by atoms with Gasteiger partial charge < -0.3 is 5.32 Å². The van der Waals surface area contributed by atoms with Crippen LogP contribution in [0.3, 0.4) is 0 Å². The zero-order chi connectivity index (χ0) is 25.3. The van der Waals surface area contributed by atoms with Gasteiger partial charge in [0, 0.05) is 23.1 Å². The van der Waals surface area contributed by atoms with Gasteiger partial charge >= 0.3 is 0 Å². The second kappa shape index (κ2) is 8.00. The Morgan fingerprint density at radius 2 is 1.19 bits per heavy atom. The number of carbonyl (C=O) groups excluding carboxylic acids is 3. The van der Waals surface area contributed by atoms with E-state index in [2.05, 4.69) is 29.6 Å². The number of imide groups is 1. The van der Waals surface area contributed by atoms with Crippen molar-refractivity contribution in [3.8, 4) is 0 Å². The molecule has 2 bridgehead atoms. The Labute approximate surface area is 214 Å². The molecule has 1 aliphatic heterocycles. The van der Waals surface area contributed by atoms with Gasteiger partial charge in [-0.2, -0.15) is 0 Å². The highest BCUT2D eigenvalue weighted by Crippen LogP contribution is 2.61. The summed E-state index contributed by atoms with van der Waals surface area (Å²) in [4.78, 5) is 42.1. The lowest BCUT2D eigenvalue weighted by molar-refractivity contribution is -0.122. The fraction of sp³-hybridized carbons (Fsp3) is 0.156. The first-order chi connectivity index (χ1) is 18.0. The summed E-state index contributed by atoms with van der Waals surface area (Å²) in [5.74, 6) is -1.75. The number of amides is 3. The molecule has 1 fully saturated rings. The standard InChI is InChI=1S/C32H24N2O3/c1-18-13-15-19(16-14-18)30(35)33-20-7-6-8-21(17-20)34-31(36)28-26-22-9-2-3-10-23(22)27(29(28)32(34)37)25-12-5-4-11-24(25)26/h2-17,26-29H,1H3,(H,33,35). The van der Waals surface area contributed by atoms with Gasteiger partial charge in [0.2, 0.25) is 11.8 Å². The highest BCUT2D eigenvalue weighted by Gasteiger charge is 2.61. The van der Waals surface area contributed by atoms with Gasteiger partial charge in [0.25, 0.3) is 5.91 Å². The lowest BCUT2D eigenvalue weighted by atomic mass is 9.55. The van der Waals surface area contributed by atoms with Crippen molar-refractivity contribution in [2.24, 2.45) is 11.8 Å². The summed E-state index contributed by atoms with van der Waals surface area (Å²) >= 11 is 0. The summed E-state index contributed by atoms with van der Waals surface area (Å²) in [7, 11) is 0. The molecule has 8 rings (SSSR count). The molecule has 4 aromatic rings. The molecule has 2 atom stereocenters. The Hall–Kier alpha value is -4.51. The van der Waals surface area contributed by atoms with Gasteiger partial charge in [-0.3, -0.25) is 14.4 Å². The van der Waals surface area contributed by atoms with Crippen LogP contribution in [0.2, 0.25) is 0 Å². The van der Waals surface area contributed by atoms with Gasteiger partial charge in [0.15, 0.2) is 0 Å². The van der Waals surface area contributed by atoms with Crippen molar-refractivity contribution in [3.05, 3.63) is 130 Å². The molecule has 0 aromatic heterocycles. The van der Waals surface area contributed by atoms with Crippen LogP contribution in [-0.2, 0) is 9.59 Å². The van der Waals surface area contributed by atoms with Crippen molar-refractivity contribution in [1.29, 1.82) is 0 Å². The smallest absolute Gasteiger partial charge is 0.255 e. The van der Waals surface area contributed by atoms with Crippen molar-refractivity contribution in [3.63, 3.8) is 0 Å². The van der Waals surface area contributed by atoms with Crippen LogP contribution in [0.25, 0.3) is 0 Å². The van der Waals surface area contributed by atoms with E-state index in [-0.39, 0.29) is 29.6 Å². The molecule has 37 heavy (non-hydrogen) atoms. The molecule has 0 spiro atoms. The van der Waals surface area contributed by atoms with Gasteiger partial charge in [0.1, 0.15) is 0 Å². The molecule has 1 heterocycles. The summed E-state index contributed by atoms with van der Waals surface area (Å²) < 4.78 is 0. The number of hydrogen-bond acceptors (Lipinski definition) is 3. The van der Waals surface area contributed by atoms with E-state index >= 15 is 0 Å². The van der Waals surface area contributed by atoms with Crippen LogP contribution in [0.5, 0.6) is 0 Å². The van der Waals surface area contributed by atoms with E-state index in [0.29, 0.717) is 16.9 Å². The number of carbonyl (C=O) groups is 3. The summed E-state index contributed by atoms with van der Waals surface area (Å²) in [5.41, 5.74) is 7.23. The molecule has 4 aliphatic rings. The van der Waals surface area contributed by atoms with Crippen LogP contribution < -0.4 is 10.2 Å². The van der Waals surface area contributed by atoms with E-state index in [1.807, 2.05) is 43.3 Å². The maximum atomic E-state index is 14.0. The molecule has 2 unspecified atom stereocenters. The zero-order valence-corrected chi connectivity index (χ0v) is 20.2. The predicted molar refractivity (Wildman–Crippen MR) is 142 cm³/mol. The zero-order valence-electron chi connectivity index (χ0n) is 20.2. The summed E-state index contributed by atoms with van der Waals surface area (Å²) in [6, 6.07) is 30.8. The van der Waals surface area contributed by atoms with Crippen LogP contribution in [0.4, 0.5) is 11.4 Å². The SMILES string of the molecule is Cc1ccc(C(=O)Nc2cccc(N3C(=O)C4C5c6ccccc6C(c6ccccc65)C4C3=O)c2)cc1. The Kier molecular flexibility index (Phi) is 4.70. The number of nitrogens with zero attached hydrogens (tertiary/aromatic N) is 1. The van der Waals surface area contributed by atoms with Gasteiger partial charge in [-0.25, -0.2) is 4.90 Å². The van der Waals surface area contributed by atoms with Gasteiger partial charge in [-0.1, -0.05) is 72.3 Å². The van der Waals surface area contributed by atoms with E-state index in [1.165, 1.54) is 4.90 Å². The first kappa shape index (κ1) is 21.7. The molecule has 5 heteroatoms. The maximum Gasteiger partial charge on any atom is 0.255 e. The fourth-order valence-electron chi connectivity index (χ4n) is 6.56. The van der Waals surface area contributed by atoms with Crippen LogP contribution in [0, 0.1) is 18.8 Å². The summed E-state index contributed by atoms with van der Waals surface area (Å²) in [6.45, 7) is 1.97. The maximum absolute atomic E-state index is 14.0. The Balaban J connectivity index is 1.25. The van der Waals surface area contributed by atoms with E-state index in [0.717, 1.165) is 27.8 Å². The second-order valence-electron chi connectivity index (χ2n) is 10.1. The van der Waals surface area contributed by atoms with Crippen LogP contribution in [0.15, 0.2) is 97.1 Å². The first-order valence-corrected chi connectivity index (χ1v) is 12.6. The van der Waals surface area contributed by atoms with Crippen molar-refractivity contribution < 1.29 is 14.4 Å². The second-order valence-corrected chi connectivity index (χ2v) is 10.1. The topological polar surface area (TPSA) is 66.5 Å². The largest absolute Gasteiger partial charge is 0.322 e. The highest BCUT2D eigenvalue weighted by atomic mass is 16.2. The summed E-state index contributed by atoms with van der Waals surface area (Å²) in [5, 5.41) is 2.90. The number of benzene rings is 4. The van der Waals surface area contributed by atoms with Crippen molar-refractivity contribution >= 4 is 29.1 Å². The van der Waals surface area contributed by atoms with E-state index in [9.17, 15) is 14.4 Å². The fourth-order valence-corrected chi connectivity index (χ4v) is 6.56. The molecule has 3 amide bonds. The minimum absolute atomic E-state index is 0.145. The van der Waals surface area contributed by atoms with Gasteiger partial charge in [0.05, 0.1) is 17.5 Å². The molecule has 0 saturated carbocycles. The number of hydrogen-bond donors (Lipinski definition) is 1. The number of anilines is 2. The molecule has 0 radical (unpaired) electrons. The first-order valence-electron chi connectivity index (χ1n) is 12.6. The molecule has 1 N–H and O–H groups in total. The average molecular weight is 485 g/mol. The third-order valence-corrected chi connectivity index (χ3v) is 8.12. The lowest BCUT2D eigenvalue weighted by Crippen LogP contribution is -2.41. The lowest BCUT2D eigenvalue weighted by Gasteiger charge is -2.45. The minimum Gasteiger partial charge on any atom is -0.322 e. The van der Waals surface area contributed by atoms with Gasteiger partial charge in [-0.05, 0) is 59.5 Å². The molecular weight excluding hydrogens is 460 g/mol. The Bertz CT molecular complexity index is 1490. The van der Waals surface area contributed by atoms with Crippen molar-refractivity contribution in [2.75, 3.05) is 10.2 Å². The van der Waals surface area contributed by atoms with E-state index < -0.39 is 11.8 Å². The average Bonchev–Trinajstić information content (AvgIpc) is 3.19. The van der Waals surface area contributed by atoms with Crippen LogP contribution in [0.1, 0.15) is 50.0 Å². The van der Waals surface area contributed by atoms with Crippen molar-refractivity contribution in [2.45, 2.75) is 18.8 Å². The van der Waals surface area contributed by atoms with E-state index in [4.69, 9.17) is 0 Å². The highest BCUT2D eigenvalue weighted by molar-refractivity contribution is 6.23. The van der Waals surface area contributed by atoms with E-state index in [1.54, 1.807) is 36.4 Å². The number of rotatable bonds is 3. The number of nitrogens with one attached hydrogen (secondary N) is 1. The molecule has 5 nitrogen and oxygen atoms in total. The molecule has 1 saturated heterocycles. The quantitative estimate of drug-likeness (QED) is 0.383. The predicted octanol–water partition coefficient (Wildman–Crippen LogP) is 5.64. The number of aryl methyl sites for hydroxylation is 1. The Morgan fingerprint density at radius 1 is 0.676 bits per heavy atom. The van der Waals surface area contributed by atoms with Crippen molar-refractivity contribution in [1.82, 2.24) is 0 Å². The summed E-state index contributed by atoms with van der Waals surface area (Å²) in [6.07, 6.45) is 0. The normalized spacial score (nSPS) is 22.9. The Morgan fingerprint density at radius 3 is 1.70 bits per heavy atom. The molecule has 3 aliphatic carbocycles. The molecular formula is C32H24N2O3. The molecule has 4 aromatic carbocycles. The van der Waals surface area contributed by atoms with Gasteiger partial charge in [-0.15, -0.1) is 0 Å². The third kappa shape index (κ3) is 3.13. The van der Waals surface area contributed by atoms with Crippen LogP contribution in [-0.4, -0.2) is 17.7 Å². The third-order valence-electron chi connectivity index (χ3n) is 8.12. The molecule has 180 valence electrons.